The van der Waals surface area contributed by atoms with Gasteiger partial charge < -0.3 is 15.4 Å². The average molecular weight is 338 g/mol. The molecule has 1 aliphatic heterocycles. The lowest BCUT2D eigenvalue weighted by Crippen LogP contribution is -2.42. The zero-order valence-corrected chi connectivity index (χ0v) is 14.9. The molecule has 1 amide bonds. The lowest BCUT2D eigenvalue weighted by molar-refractivity contribution is -0.126. The monoisotopic (exact) mass is 338 g/mol. The number of carbonyl (C=O) groups is 1. The van der Waals surface area contributed by atoms with Gasteiger partial charge in [0.2, 0.25) is 5.91 Å². The molecule has 3 rings (SSSR count). The fourth-order valence-corrected chi connectivity index (χ4v) is 3.32. The number of ether oxygens (including phenoxy) is 1. The number of hydrogen-bond acceptors (Lipinski definition) is 3. The van der Waals surface area contributed by atoms with Gasteiger partial charge in [-0.2, -0.15) is 0 Å². The molecule has 0 aliphatic carbocycles. The summed E-state index contributed by atoms with van der Waals surface area (Å²) in [5.74, 6) is 1.16. The van der Waals surface area contributed by atoms with Crippen molar-refractivity contribution in [1.29, 1.82) is 0 Å². The maximum Gasteiger partial charge on any atom is 0.223 e. The van der Waals surface area contributed by atoms with Gasteiger partial charge in [0.05, 0.1) is 7.11 Å². The quantitative estimate of drug-likeness (QED) is 0.879. The van der Waals surface area contributed by atoms with E-state index in [9.17, 15) is 4.79 Å². The fraction of sp³-hybridized carbons (Fsp3) is 0.381. The van der Waals surface area contributed by atoms with Gasteiger partial charge in [0.15, 0.2) is 0 Å². The number of benzene rings is 2. The van der Waals surface area contributed by atoms with Crippen LogP contribution in [0.4, 0.5) is 0 Å². The summed E-state index contributed by atoms with van der Waals surface area (Å²) in [6.07, 6.45) is 1.84. The first kappa shape index (κ1) is 17.5. The van der Waals surface area contributed by atoms with Crippen LogP contribution in [0.1, 0.15) is 25.3 Å². The second-order valence-corrected chi connectivity index (χ2v) is 6.72. The minimum Gasteiger partial charge on any atom is -0.497 e. The lowest BCUT2D eigenvalue weighted by atomic mass is 9.92. The highest BCUT2D eigenvalue weighted by atomic mass is 16.5. The van der Waals surface area contributed by atoms with Crippen molar-refractivity contribution >= 4 is 5.91 Å². The molecule has 2 aromatic carbocycles. The van der Waals surface area contributed by atoms with E-state index in [1.54, 1.807) is 7.11 Å². The van der Waals surface area contributed by atoms with Crippen LogP contribution in [0.15, 0.2) is 48.5 Å². The van der Waals surface area contributed by atoms with E-state index in [-0.39, 0.29) is 11.8 Å². The van der Waals surface area contributed by atoms with Gasteiger partial charge in [-0.15, -0.1) is 0 Å². The van der Waals surface area contributed by atoms with Crippen molar-refractivity contribution in [2.24, 2.45) is 5.92 Å². The van der Waals surface area contributed by atoms with Crippen molar-refractivity contribution < 1.29 is 9.53 Å². The van der Waals surface area contributed by atoms with Crippen molar-refractivity contribution in [3.05, 3.63) is 54.1 Å². The Balaban J connectivity index is 1.58. The summed E-state index contributed by atoms with van der Waals surface area (Å²) in [6, 6.07) is 16.8. The highest BCUT2D eigenvalue weighted by Gasteiger charge is 2.24. The number of nitrogens with one attached hydrogen (secondary N) is 2. The molecule has 0 aromatic heterocycles. The fourth-order valence-electron chi connectivity index (χ4n) is 3.32. The molecule has 0 bridgehead atoms. The molecule has 1 aliphatic rings. The van der Waals surface area contributed by atoms with Crippen molar-refractivity contribution in [2.75, 3.05) is 13.7 Å². The van der Waals surface area contributed by atoms with E-state index in [4.69, 9.17) is 4.74 Å². The standard InChI is InChI=1S/C21H26N2O2/c1-15-12-19(10-11-22-15)21(24)23-14-16-6-8-17(9-7-16)18-4-3-5-20(13-18)25-2/h3-9,13,15,19,22H,10-12,14H2,1-2H3,(H,23,24)/t15-,19-/m0/s1. The maximum atomic E-state index is 12.3. The summed E-state index contributed by atoms with van der Waals surface area (Å²) < 4.78 is 5.28. The summed E-state index contributed by atoms with van der Waals surface area (Å²) in [7, 11) is 1.67. The number of hydrogen-bond donors (Lipinski definition) is 2. The van der Waals surface area contributed by atoms with Crippen LogP contribution in [-0.2, 0) is 11.3 Å². The van der Waals surface area contributed by atoms with Gasteiger partial charge in [-0.1, -0.05) is 36.4 Å². The van der Waals surface area contributed by atoms with Gasteiger partial charge in [-0.05, 0) is 55.1 Å². The molecule has 0 unspecified atom stereocenters. The van der Waals surface area contributed by atoms with E-state index in [2.05, 4.69) is 47.9 Å². The Labute approximate surface area is 149 Å². The van der Waals surface area contributed by atoms with Crippen LogP contribution in [0.3, 0.4) is 0 Å². The van der Waals surface area contributed by atoms with Crippen LogP contribution in [0.2, 0.25) is 0 Å². The number of carbonyl (C=O) groups excluding carboxylic acids is 1. The first-order valence-corrected chi connectivity index (χ1v) is 8.90. The van der Waals surface area contributed by atoms with Crippen molar-refractivity contribution in [3.63, 3.8) is 0 Å². The van der Waals surface area contributed by atoms with Gasteiger partial charge in [-0.25, -0.2) is 0 Å². The minimum absolute atomic E-state index is 0.132. The molecule has 2 aromatic rings. The number of amides is 1. The van der Waals surface area contributed by atoms with E-state index in [0.29, 0.717) is 12.6 Å². The van der Waals surface area contributed by atoms with E-state index in [0.717, 1.165) is 41.8 Å². The topological polar surface area (TPSA) is 50.4 Å². The minimum atomic E-state index is 0.132. The third kappa shape index (κ3) is 4.60. The van der Waals surface area contributed by atoms with Gasteiger partial charge in [0.25, 0.3) is 0 Å². The van der Waals surface area contributed by atoms with Gasteiger partial charge in [0, 0.05) is 18.5 Å². The van der Waals surface area contributed by atoms with Crippen molar-refractivity contribution in [2.45, 2.75) is 32.4 Å². The number of piperidine rings is 1. The summed E-state index contributed by atoms with van der Waals surface area (Å²) in [4.78, 5) is 12.3. The predicted octanol–water partition coefficient (Wildman–Crippen LogP) is 3.37. The molecular weight excluding hydrogens is 312 g/mol. The molecule has 0 spiro atoms. The van der Waals surface area contributed by atoms with Crippen LogP contribution in [0.5, 0.6) is 5.75 Å². The molecule has 2 atom stereocenters. The highest BCUT2D eigenvalue weighted by Crippen LogP contribution is 2.24. The van der Waals surface area contributed by atoms with Crippen LogP contribution >= 0.6 is 0 Å². The second-order valence-electron chi connectivity index (χ2n) is 6.72. The van der Waals surface area contributed by atoms with Gasteiger partial charge >= 0.3 is 0 Å². The zero-order valence-electron chi connectivity index (χ0n) is 14.9. The van der Waals surface area contributed by atoms with Gasteiger partial charge in [-0.3, -0.25) is 4.79 Å². The Morgan fingerprint density at radius 2 is 2.00 bits per heavy atom. The van der Waals surface area contributed by atoms with Gasteiger partial charge in [0.1, 0.15) is 5.75 Å². The molecule has 1 fully saturated rings. The molecule has 1 heterocycles. The average Bonchev–Trinajstić information content (AvgIpc) is 2.66. The Hall–Kier alpha value is -2.33. The van der Waals surface area contributed by atoms with E-state index in [1.807, 2.05) is 18.2 Å². The third-order valence-electron chi connectivity index (χ3n) is 4.82. The smallest absolute Gasteiger partial charge is 0.223 e. The molecule has 0 radical (unpaired) electrons. The summed E-state index contributed by atoms with van der Waals surface area (Å²) in [5.41, 5.74) is 3.38. The van der Waals surface area contributed by atoms with Crippen LogP contribution in [-0.4, -0.2) is 25.6 Å². The Bertz CT molecular complexity index is 712. The predicted molar refractivity (Wildman–Crippen MR) is 100 cm³/mol. The molecular formula is C21H26N2O2. The number of rotatable bonds is 5. The molecule has 2 N–H and O–H groups in total. The number of methoxy groups -OCH3 is 1. The summed E-state index contributed by atoms with van der Waals surface area (Å²) in [5, 5.41) is 6.46. The summed E-state index contributed by atoms with van der Waals surface area (Å²) >= 11 is 0. The normalized spacial score (nSPS) is 20.1. The van der Waals surface area contributed by atoms with E-state index in [1.165, 1.54) is 0 Å². The SMILES string of the molecule is COc1cccc(-c2ccc(CNC(=O)[C@H]3CCN[C@@H](C)C3)cc2)c1. The van der Waals surface area contributed by atoms with Crippen LogP contribution in [0.25, 0.3) is 11.1 Å². The first-order valence-electron chi connectivity index (χ1n) is 8.90. The van der Waals surface area contributed by atoms with Crippen molar-refractivity contribution in [3.8, 4) is 16.9 Å². The zero-order chi connectivity index (χ0) is 17.6. The van der Waals surface area contributed by atoms with E-state index < -0.39 is 0 Å². The molecule has 25 heavy (non-hydrogen) atoms. The molecule has 4 nitrogen and oxygen atoms in total. The molecule has 1 saturated heterocycles. The molecule has 132 valence electrons. The Morgan fingerprint density at radius 3 is 2.72 bits per heavy atom. The largest absolute Gasteiger partial charge is 0.497 e. The van der Waals surface area contributed by atoms with Crippen LogP contribution in [0, 0.1) is 5.92 Å². The highest BCUT2D eigenvalue weighted by molar-refractivity contribution is 5.78. The van der Waals surface area contributed by atoms with Crippen molar-refractivity contribution in [1.82, 2.24) is 10.6 Å². The first-order chi connectivity index (χ1) is 12.2. The second kappa shape index (κ2) is 8.17. The van der Waals surface area contributed by atoms with Crippen LogP contribution < -0.4 is 15.4 Å². The third-order valence-corrected chi connectivity index (χ3v) is 4.82. The lowest BCUT2D eigenvalue weighted by Gasteiger charge is -2.27. The maximum absolute atomic E-state index is 12.3. The molecule has 4 heteroatoms. The van der Waals surface area contributed by atoms with E-state index >= 15 is 0 Å². The molecule has 0 saturated carbocycles. The Morgan fingerprint density at radius 1 is 1.20 bits per heavy atom. The summed E-state index contributed by atoms with van der Waals surface area (Å²) in [6.45, 7) is 3.64. The Kier molecular flexibility index (Phi) is 5.71.